The van der Waals surface area contributed by atoms with Crippen molar-refractivity contribution in [3.05, 3.63) is 42.0 Å². The van der Waals surface area contributed by atoms with Crippen LogP contribution >= 0.6 is 10.7 Å². The van der Waals surface area contributed by atoms with Gasteiger partial charge in [-0.15, -0.1) is 0 Å². The summed E-state index contributed by atoms with van der Waals surface area (Å²) in [4.78, 5) is -0.0802. The molecule has 0 saturated heterocycles. The zero-order valence-corrected chi connectivity index (χ0v) is 10.3. The van der Waals surface area contributed by atoms with Crippen LogP contribution in [0.25, 0.3) is 5.69 Å². The number of rotatable bonds is 2. The summed E-state index contributed by atoms with van der Waals surface area (Å²) in [6.07, 6.45) is 1.14. The smallest absolute Gasteiger partial charge is 0.237 e. The Kier molecular flexibility index (Phi) is 2.92. The Bertz CT molecular complexity index is 667. The molecule has 2 aromatic rings. The minimum Gasteiger partial charge on any atom is -0.237 e. The Morgan fingerprint density at radius 1 is 1.41 bits per heavy atom. The Balaban J connectivity index is 2.60. The van der Waals surface area contributed by atoms with E-state index >= 15 is 0 Å². The van der Waals surface area contributed by atoms with Crippen LogP contribution in [0.4, 0.5) is 4.39 Å². The zero-order valence-electron chi connectivity index (χ0n) is 8.76. The molecule has 0 saturated carbocycles. The van der Waals surface area contributed by atoms with Crippen LogP contribution in [-0.4, -0.2) is 18.2 Å². The third-order valence-corrected chi connectivity index (χ3v) is 3.71. The Labute approximate surface area is 102 Å². The monoisotopic (exact) mass is 274 g/mol. The fraction of sp³-hybridized carbons (Fsp3) is 0.100. The van der Waals surface area contributed by atoms with E-state index in [-0.39, 0.29) is 4.90 Å². The standard InChI is InChI=1S/C10H8ClFN2O2S/c1-7-10(17(11,15)16)6-13-14(7)9-4-2-3-8(12)5-9/h2-6H,1H3. The summed E-state index contributed by atoms with van der Waals surface area (Å²) in [5.41, 5.74) is 0.777. The SMILES string of the molecule is Cc1c(S(=O)(=O)Cl)cnn1-c1cccc(F)c1. The average molecular weight is 275 g/mol. The van der Waals surface area contributed by atoms with Gasteiger partial charge in [-0.05, 0) is 25.1 Å². The molecule has 1 aromatic carbocycles. The molecule has 0 amide bonds. The van der Waals surface area contributed by atoms with Crippen molar-refractivity contribution in [1.82, 2.24) is 9.78 Å². The van der Waals surface area contributed by atoms with Crippen LogP contribution in [0.5, 0.6) is 0 Å². The summed E-state index contributed by atoms with van der Waals surface area (Å²) in [6.45, 7) is 1.55. The summed E-state index contributed by atoms with van der Waals surface area (Å²) in [7, 11) is 1.41. The van der Waals surface area contributed by atoms with Crippen LogP contribution in [0.2, 0.25) is 0 Å². The van der Waals surface area contributed by atoms with Crippen LogP contribution < -0.4 is 0 Å². The molecular formula is C10H8ClFN2O2S. The van der Waals surface area contributed by atoms with E-state index in [0.717, 1.165) is 6.20 Å². The van der Waals surface area contributed by atoms with Crippen molar-refractivity contribution < 1.29 is 12.8 Å². The van der Waals surface area contributed by atoms with E-state index in [1.807, 2.05) is 0 Å². The minimum atomic E-state index is -3.84. The second kappa shape index (κ2) is 4.12. The van der Waals surface area contributed by atoms with Gasteiger partial charge in [0.15, 0.2) is 0 Å². The van der Waals surface area contributed by atoms with Crippen molar-refractivity contribution >= 4 is 19.7 Å². The lowest BCUT2D eigenvalue weighted by molar-refractivity contribution is 0.609. The molecule has 17 heavy (non-hydrogen) atoms. The molecule has 7 heteroatoms. The first kappa shape index (κ1) is 12.1. The zero-order chi connectivity index (χ0) is 12.6. The Morgan fingerprint density at radius 2 is 2.12 bits per heavy atom. The van der Waals surface area contributed by atoms with E-state index in [2.05, 4.69) is 5.10 Å². The molecule has 0 aliphatic heterocycles. The highest BCUT2D eigenvalue weighted by Gasteiger charge is 2.18. The van der Waals surface area contributed by atoms with Gasteiger partial charge in [0.25, 0.3) is 9.05 Å². The fourth-order valence-electron chi connectivity index (χ4n) is 1.50. The number of hydrogen-bond acceptors (Lipinski definition) is 3. The maximum Gasteiger partial charge on any atom is 0.264 e. The van der Waals surface area contributed by atoms with Gasteiger partial charge >= 0.3 is 0 Å². The summed E-state index contributed by atoms with van der Waals surface area (Å²) in [5, 5.41) is 3.88. The summed E-state index contributed by atoms with van der Waals surface area (Å²) < 4.78 is 36.8. The quantitative estimate of drug-likeness (QED) is 0.789. The molecule has 0 radical (unpaired) electrons. The third-order valence-electron chi connectivity index (χ3n) is 2.28. The lowest BCUT2D eigenvalue weighted by Gasteiger charge is -2.04. The Morgan fingerprint density at radius 3 is 2.65 bits per heavy atom. The molecule has 0 atom stereocenters. The molecule has 1 aromatic heterocycles. The lowest BCUT2D eigenvalue weighted by Crippen LogP contribution is -2.00. The highest BCUT2D eigenvalue weighted by molar-refractivity contribution is 8.13. The highest BCUT2D eigenvalue weighted by Crippen LogP contribution is 2.21. The number of benzene rings is 1. The highest BCUT2D eigenvalue weighted by atomic mass is 35.7. The second-order valence-corrected chi connectivity index (χ2v) is 5.96. The number of nitrogens with zero attached hydrogens (tertiary/aromatic N) is 2. The van der Waals surface area contributed by atoms with Crippen LogP contribution in [0.1, 0.15) is 5.69 Å². The maximum atomic E-state index is 13.0. The van der Waals surface area contributed by atoms with Crippen LogP contribution in [-0.2, 0) is 9.05 Å². The van der Waals surface area contributed by atoms with E-state index in [1.165, 1.54) is 22.9 Å². The molecule has 0 fully saturated rings. The second-order valence-electron chi connectivity index (χ2n) is 3.42. The van der Waals surface area contributed by atoms with Crippen molar-refractivity contribution in [3.63, 3.8) is 0 Å². The van der Waals surface area contributed by atoms with E-state index < -0.39 is 14.9 Å². The molecular weight excluding hydrogens is 267 g/mol. The first-order chi connectivity index (χ1) is 7.89. The van der Waals surface area contributed by atoms with E-state index in [9.17, 15) is 12.8 Å². The summed E-state index contributed by atoms with van der Waals surface area (Å²) in [5.74, 6) is -0.423. The third kappa shape index (κ3) is 2.32. The van der Waals surface area contributed by atoms with Crippen molar-refractivity contribution in [2.24, 2.45) is 0 Å². The molecule has 0 aliphatic carbocycles. The van der Waals surface area contributed by atoms with E-state index in [4.69, 9.17) is 10.7 Å². The van der Waals surface area contributed by atoms with Gasteiger partial charge in [-0.3, -0.25) is 0 Å². The minimum absolute atomic E-state index is 0.0802. The summed E-state index contributed by atoms with van der Waals surface area (Å²) >= 11 is 0. The lowest BCUT2D eigenvalue weighted by atomic mass is 10.3. The fourth-order valence-corrected chi connectivity index (χ4v) is 2.57. The largest absolute Gasteiger partial charge is 0.264 e. The predicted molar refractivity (Wildman–Crippen MR) is 61.3 cm³/mol. The van der Waals surface area contributed by atoms with Crippen LogP contribution in [0.15, 0.2) is 35.4 Å². The van der Waals surface area contributed by atoms with E-state index in [1.54, 1.807) is 13.0 Å². The van der Waals surface area contributed by atoms with Crippen molar-refractivity contribution in [2.45, 2.75) is 11.8 Å². The number of aromatic nitrogens is 2. The molecule has 0 N–H and O–H groups in total. The van der Waals surface area contributed by atoms with Crippen molar-refractivity contribution in [2.75, 3.05) is 0 Å². The predicted octanol–water partition coefficient (Wildman–Crippen LogP) is 2.25. The Hall–Kier alpha value is -1.40. The first-order valence-corrected chi connectivity index (χ1v) is 6.96. The van der Waals surface area contributed by atoms with Gasteiger partial charge < -0.3 is 0 Å². The molecule has 0 aliphatic rings. The van der Waals surface area contributed by atoms with Gasteiger partial charge in [0.2, 0.25) is 0 Å². The van der Waals surface area contributed by atoms with Gasteiger partial charge in [-0.25, -0.2) is 17.5 Å². The van der Waals surface area contributed by atoms with Crippen molar-refractivity contribution in [1.29, 1.82) is 0 Å². The maximum absolute atomic E-state index is 13.0. The molecule has 90 valence electrons. The molecule has 0 bridgehead atoms. The van der Waals surface area contributed by atoms with Gasteiger partial charge in [0.1, 0.15) is 10.7 Å². The number of halogens is 2. The molecule has 4 nitrogen and oxygen atoms in total. The average Bonchev–Trinajstić information content (AvgIpc) is 2.59. The normalized spacial score (nSPS) is 11.7. The van der Waals surface area contributed by atoms with Crippen LogP contribution in [0, 0.1) is 12.7 Å². The van der Waals surface area contributed by atoms with Gasteiger partial charge in [0, 0.05) is 10.7 Å². The topological polar surface area (TPSA) is 52.0 Å². The number of hydrogen-bond donors (Lipinski definition) is 0. The van der Waals surface area contributed by atoms with Crippen LogP contribution in [0.3, 0.4) is 0 Å². The molecule has 1 heterocycles. The molecule has 2 rings (SSSR count). The summed E-state index contributed by atoms with van der Waals surface area (Å²) in [6, 6.07) is 5.68. The molecule has 0 spiro atoms. The van der Waals surface area contributed by atoms with Gasteiger partial charge in [0.05, 0.1) is 17.6 Å². The first-order valence-electron chi connectivity index (χ1n) is 4.65. The molecule has 0 unspecified atom stereocenters. The van der Waals surface area contributed by atoms with Gasteiger partial charge in [-0.1, -0.05) is 6.07 Å². The van der Waals surface area contributed by atoms with Crippen molar-refractivity contribution in [3.8, 4) is 5.69 Å². The van der Waals surface area contributed by atoms with Gasteiger partial charge in [-0.2, -0.15) is 5.10 Å². The van der Waals surface area contributed by atoms with E-state index in [0.29, 0.717) is 11.4 Å².